The van der Waals surface area contributed by atoms with E-state index in [1.165, 1.54) is 0 Å². The molecule has 2 aliphatic heterocycles. The topological polar surface area (TPSA) is 38.8 Å². The molecular formula is C20H28BNO3. The van der Waals surface area contributed by atoms with Crippen LogP contribution in [0.25, 0.3) is 6.08 Å². The molecule has 1 aromatic rings. The summed E-state index contributed by atoms with van der Waals surface area (Å²) in [4.78, 5) is 14.5. The first-order valence-corrected chi connectivity index (χ1v) is 8.92. The predicted molar refractivity (Wildman–Crippen MR) is 101 cm³/mol. The van der Waals surface area contributed by atoms with Crippen molar-refractivity contribution in [2.75, 3.05) is 13.6 Å². The Labute approximate surface area is 151 Å². The average Bonchev–Trinajstić information content (AvgIpc) is 2.83. The largest absolute Gasteiger partial charge is 0.458 e. The van der Waals surface area contributed by atoms with E-state index in [2.05, 4.69) is 34.6 Å². The molecule has 0 bridgehead atoms. The molecule has 0 spiro atoms. The van der Waals surface area contributed by atoms with Gasteiger partial charge in [0.2, 0.25) is 5.91 Å². The van der Waals surface area contributed by atoms with Gasteiger partial charge >= 0.3 is 7.12 Å². The summed E-state index contributed by atoms with van der Waals surface area (Å²) >= 11 is 0. The number of hydrogen-bond donors (Lipinski definition) is 0. The van der Waals surface area contributed by atoms with Crippen LogP contribution in [-0.2, 0) is 14.1 Å². The third kappa shape index (κ3) is 3.27. The Morgan fingerprint density at radius 1 is 1.08 bits per heavy atom. The van der Waals surface area contributed by atoms with E-state index >= 15 is 0 Å². The molecule has 0 radical (unpaired) electrons. The lowest BCUT2D eigenvalue weighted by molar-refractivity contribution is -0.123. The fourth-order valence-corrected chi connectivity index (χ4v) is 3.69. The maximum Gasteiger partial charge on any atom is 0.458 e. The third-order valence-corrected chi connectivity index (χ3v) is 5.84. The van der Waals surface area contributed by atoms with E-state index in [1.807, 2.05) is 43.5 Å². The molecule has 2 saturated heterocycles. The van der Waals surface area contributed by atoms with Crippen molar-refractivity contribution in [1.82, 2.24) is 4.90 Å². The van der Waals surface area contributed by atoms with Crippen molar-refractivity contribution in [3.8, 4) is 0 Å². The van der Waals surface area contributed by atoms with Gasteiger partial charge in [-0.15, -0.1) is 0 Å². The molecule has 2 fully saturated rings. The summed E-state index contributed by atoms with van der Waals surface area (Å²) < 4.78 is 12.4. The summed E-state index contributed by atoms with van der Waals surface area (Å²) in [5.74, 6) is 0.0860. The highest BCUT2D eigenvalue weighted by Gasteiger charge is 2.55. The number of rotatable bonds is 3. The highest BCUT2D eigenvalue weighted by Crippen LogP contribution is 2.45. The molecule has 2 aliphatic rings. The summed E-state index contributed by atoms with van der Waals surface area (Å²) in [6.45, 7) is 11.0. The maximum atomic E-state index is 12.7. The zero-order valence-corrected chi connectivity index (χ0v) is 16.1. The maximum absolute atomic E-state index is 12.7. The predicted octanol–water partition coefficient (Wildman–Crippen LogP) is 3.64. The van der Waals surface area contributed by atoms with Gasteiger partial charge in [0.25, 0.3) is 0 Å². The van der Waals surface area contributed by atoms with E-state index in [9.17, 15) is 4.79 Å². The van der Waals surface area contributed by atoms with Crippen molar-refractivity contribution < 1.29 is 14.1 Å². The Morgan fingerprint density at radius 3 is 2.20 bits per heavy atom. The minimum atomic E-state index is -0.355. The summed E-state index contributed by atoms with van der Waals surface area (Å²) in [5, 5.41) is 0. The number of carbonyl (C=O) groups excluding carboxylic acids is 1. The van der Waals surface area contributed by atoms with E-state index in [0.717, 1.165) is 11.1 Å². The SMILES string of the molecule is CN1C[C@](C)(CB2OC(C)(C)C(C)(C)O2)/C(=C/c2ccccc2)C1=O. The van der Waals surface area contributed by atoms with Gasteiger partial charge in [0.05, 0.1) is 11.2 Å². The van der Waals surface area contributed by atoms with E-state index in [4.69, 9.17) is 9.31 Å². The number of amides is 1. The third-order valence-electron chi connectivity index (χ3n) is 5.84. The quantitative estimate of drug-likeness (QED) is 0.622. The molecule has 1 amide bonds. The Hall–Kier alpha value is -1.59. The van der Waals surface area contributed by atoms with Crippen LogP contribution in [0.4, 0.5) is 0 Å². The van der Waals surface area contributed by atoms with Crippen molar-refractivity contribution in [2.45, 2.75) is 52.1 Å². The van der Waals surface area contributed by atoms with Gasteiger partial charge in [0, 0.05) is 24.6 Å². The molecule has 5 heteroatoms. The highest BCUT2D eigenvalue weighted by atomic mass is 16.7. The van der Waals surface area contributed by atoms with Crippen LogP contribution in [0.5, 0.6) is 0 Å². The second kappa shape index (κ2) is 5.99. The van der Waals surface area contributed by atoms with Crippen molar-refractivity contribution in [2.24, 2.45) is 5.41 Å². The molecule has 25 heavy (non-hydrogen) atoms. The molecule has 4 nitrogen and oxygen atoms in total. The molecule has 3 rings (SSSR count). The van der Waals surface area contributed by atoms with Crippen LogP contribution in [0.1, 0.15) is 40.2 Å². The first-order chi connectivity index (χ1) is 11.5. The molecule has 0 saturated carbocycles. The van der Waals surface area contributed by atoms with E-state index in [1.54, 1.807) is 4.90 Å². The van der Waals surface area contributed by atoms with Gasteiger partial charge in [0.15, 0.2) is 0 Å². The normalized spacial score (nSPS) is 29.7. The lowest BCUT2D eigenvalue weighted by Crippen LogP contribution is -2.41. The number of likely N-dealkylation sites (tertiary alicyclic amines) is 1. The molecule has 1 atom stereocenters. The van der Waals surface area contributed by atoms with Crippen LogP contribution in [-0.4, -0.2) is 42.7 Å². The first-order valence-electron chi connectivity index (χ1n) is 8.92. The molecule has 0 unspecified atom stereocenters. The molecular weight excluding hydrogens is 313 g/mol. The van der Waals surface area contributed by atoms with Gasteiger partial charge in [-0.05, 0) is 45.7 Å². The number of carbonyl (C=O) groups is 1. The van der Waals surface area contributed by atoms with Gasteiger partial charge < -0.3 is 14.2 Å². The van der Waals surface area contributed by atoms with Crippen molar-refractivity contribution in [3.63, 3.8) is 0 Å². The average molecular weight is 341 g/mol. The molecule has 2 heterocycles. The highest BCUT2D eigenvalue weighted by molar-refractivity contribution is 6.46. The fourth-order valence-electron chi connectivity index (χ4n) is 3.69. The Balaban J connectivity index is 1.88. The number of likely N-dealkylation sites (N-methyl/N-ethyl adjacent to an activating group) is 1. The fraction of sp³-hybridized carbons (Fsp3) is 0.550. The lowest BCUT2D eigenvalue weighted by Gasteiger charge is -2.32. The summed E-state index contributed by atoms with van der Waals surface area (Å²) in [5.41, 5.74) is 0.859. The van der Waals surface area contributed by atoms with Crippen LogP contribution in [0, 0.1) is 5.41 Å². The number of nitrogens with zero attached hydrogens (tertiary/aromatic N) is 1. The Morgan fingerprint density at radius 2 is 1.64 bits per heavy atom. The minimum Gasteiger partial charge on any atom is -0.403 e. The van der Waals surface area contributed by atoms with Gasteiger partial charge in [0.1, 0.15) is 0 Å². The Bertz CT molecular complexity index is 682. The molecule has 134 valence electrons. The number of benzene rings is 1. The summed E-state index contributed by atoms with van der Waals surface area (Å²) in [6, 6.07) is 10.00. The van der Waals surface area contributed by atoms with E-state index in [0.29, 0.717) is 12.9 Å². The van der Waals surface area contributed by atoms with Gasteiger partial charge in [-0.2, -0.15) is 0 Å². The summed E-state index contributed by atoms with van der Waals surface area (Å²) in [7, 11) is 1.55. The van der Waals surface area contributed by atoms with Crippen LogP contribution >= 0.6 is 0 Å². The molecule has 0 N–H and O–H groups in total. The van der Waals surface area contributed by atoms with E-state index in [-0.39, 0.29) is 29.6 Å². The molecule has 1 aromatic carbocycles. The van der Waals surface area contributed by atoms with Gasteiger partial charge in [-0.3, -0.25) is 4.79 Å². The minimum absolute atomic E-state index is 0.0860. The van der Waals surface area contributed by atoms with E-state index < -0.39 is 0 Å². The smallest absolute Gasteiger partial charge is 0.403 e. The first kappa shape index (κ1) is 18.2. The molecule has 0 aromatic heterocycles. The zero-order chi connectivity index (χ0) is 18.5. The van der Waals surface area contributed by atoms with Crippen molar-refractivity contribution in [3.05, 3.63) is 41.5 Å². The van der Waals surface area contributed by atoms with Crippen LogP contribution in [0.3, 0.4) is 0 Å². The van der Waals surface area contributed by atoms with Gasteiger partial charge in [-0.25, -0.2) is 0 Å². The monoisotopic (exact) mass is 341 g/mol. The lowest BCUT2D eigenvalue weighted by atomic mass is 9.66. The summed E-state index contributed by atoms with van der Waals surface area (Å²) in [6.07, 6.45) is 2.67. The van der Waals surface area contributed by atoms with Gasteiger partial charge in [-0.1, -0.05) is 37.3 Å². The standard InChI is InChI=1S/C20H28BNO3/c1-18(2)19(3,4)25-21(24-18)13-20(5)14-22(6)17(23)16(20)12-15-10-8-7-9-11-15/h7-12H,13-14H2,1-6H3/b16-12+/t20-/m0/s1. The molecule has 0 aliphatic carbocycles. The van der Waals surface area contributed by atoms with Crippen molar-refractivity contribution >= 4 is 19.1 Å². The Kier molecular flexibility index (Phi) is 4.37. The number of hydrogen-bond acceptors (Lipinski definition) is 3. The van der Waals surface area contributed by atoms with Crippen LogP contribution in [0.2, 0.25) is 6.32 Å². The second-order valence-electron chi connectivity index (χ2n) is 8.58. The van der Waals surface area contributed by atoms with Crippen LogP contribution < -0.4 is 0 Å². The van der Waals surface area contributed by atoms with Crippen LogP contribution in [0.15, 0.2) is 35.9 Å². The zero-order valence-electron chi connectivity index (χ0n) is 16.1. The second-order valence-corrected chi connectivity index (χ2v) is 8.58. The van der Waals surface area contributed by atoms with Crippen molar-refractivity contribution in [1.29, 1.82) is 0 Å².